The number of rotatable bonds is 2. The van der Waals surface area contributed by atoms with Crippen LogP contribution in [0.3, 0.4) is 0 Å². The Labute approximate surface area is 117 Å². The van der Waals surface area contributed by atoms with Gasteiger partial charge in [0.05, 0.1) is 5.60 Å². The number of hydrogen-bond acceptors (Lipinski definition) is 3. The molecule has 1 N–H and O–H groups in total. The number of ether oxygens (including phenoxy) is 1. The molecule has 0 aliphatic carbocycles. The Morgan fingerprint density at radius 3 is 3.17 bits per heavy atom. The Kier molecular flexibility index (Phi) is 3.73. The van der Waals surface area contributed by atoms with E-state index >= 15 is 0 Å². The van der Waals surface area contributed by atoms with Gasteiger partial charge in [0.25, 0.3) is 0 Å². The third kappa shape index (κ3) is 2.79. The molecule has 2 atom stereocenters. The van der Waals surface area contributed by atoms with Crippen molar-refractivity contribution < 1.29 is 4.74 Å². The van der Waals surface area contributed by atoms with Crippen LogP contribution in [-0.4, -0.2) is 29.8 Å². The average Bonchev–Trinajstić information content (AvgIpc) is 2.77. The molecule has 1 aromatic rings. The number of nitrogens with one attached hydrogen (secondary N) is 1. The van der Waals surface area contributed by atoms with Gasteiger partial charge in [-0.3, -0.25) is 0 Å². The zero-order valence-corrected chi connectivity index (χ0v) is 11.9. The average molecular weight is 284 g/mol. The van der Waals surface area contributed by atoms with Crippen molar-refractivity contribution in [2.24, 2.45) is 0 Å². The maximum absolute atomic E-state index is 6.03. The highest BCUT2D eigenvalue weighted by Gasteiger charge is 2.40. The molecule has 2 aliphatic rings. The highest BCUT2D eigenvalue weighted by Crippen LogP contribution is 2.39. The topological polar surface area (TPSA) is 21.3 Å². The molecule has 0 amide bonds. The van der Waals surface area contributed by atoms with Gasteiger partial charge in [-0.15, -0.1) is 0 Å². The Hall–Kier alpha value is -0.380. The van der Waals surface area contributed by atoms with Gasteiger partial charge in [0.1, 0.15) is 0 Å². The molecule has 2 nitrogen and oxygen atoms in total. The van der Waals surface area contributed by atoms with E-state index in [9.17, 15) is 0 Å². The third-order valence-corrected chi connectivity index (χ3v) is 5.21. The van der Waals surface area contributed by atoms with Crippen molar-refractivity contribution in [3.8, 4) is 0 Å². The van der Waals surface area contributed by atoms with Gasteiger partial charge >= 0.3 is 0 Å². The smallest absolute Gasteiger partial charge is 0.0799 e. The third-order valence-electron chi connectivity index (χ3n) is 3.76. The van der Waals surface area contributed by atoms with Gasteiger partial charge in [0.2, 0.25) is 0 Å². The van der Waals surface area contributed by atoms with Crippen molar-refractivity contribution >= 4 is 29.1 Å². The summed E-state index contributed by atoms with van der Waals surface area (Å²) >= 11 is 8.03. The van der Waals surface area contributed by atoms with Gasteiger partial charge < -0.3 is 10.1 Å². The summed E-state index contributed by atoms with van der Waals surface area (Å²) in [4.78, 5) is 0. The lowest BCUT2D eigenvalue weighted by Crippen LogP contribution is -2.44. The molecule has 2 heterocycles. The fourth-order valence-corrected chi connectivity index (χ4v) is 4.40. The van der Waals surface area contributed by atoms with Crippen LogP contribution in [0.25, 0.3) is 0 Å². The van der Waals surface area contributed by atoms with E-state index in [4.69, 9.17) is 16.3 Å². The van der Waals surface area contributed by atoms with E-state index in [1.165, 1.54) is 12.2 Å². The van der Waals surface area contributed by atoms with Gasteiger partial charge in [0.15, 0.2) is 0 Å². The highest BCUT2D eigenvalue weighted by atomic mass is 35.5. The van der Waals surface area contributed by atoms with E-state index in [0.29, 0.717) is 6.04 Å². The minimum atomic E-state index is 0.138. The molecule has 0 aromatic heterocycles. The van der Waals surface area contributed by atoms with E-state index in [1.54, 1.807) is 0 Å². The van der Waals surface area contributed by atoms with Gasteiger partial charge in [-0.05, 0) is 43.2 Å². The lowest BCUT2D eigenvalue weighted by atomic mass is 9.90. The van der Waals surface area contributed by atoms with Crippen LogP contribution in [0, 0.1) is 0 Å². The van der Waals surface area contributed by atoms with Crippen LogP contribution in [0.15, 0.2) is 24.3 Å². The zero-order valence-electron chi connectivity index (χ0n) is 10.3. The van der Waals surface area contributed by atoms with E-state index in [2.05, 4.69) is 11.4 Å². The predicted octanol–water partition coefficient (Wildman–Crippen LogP) is 3.81. The lowest BCUT2D eigenvalue weighted by Gasteiger charge is -2.38. The normalized spacial score (nSPS) is 31.7. The summed E-state index contributed by atoms with van der Waals surface area (Å²) in [6.07, 6.45) is 3.40. The van der Waals surface area contributed by atoms with Crippen LogP contribution in [0.4, 0.5) is 5.69 Å². The minimum absolute atomic E-state index is 0.138. The SMILES string of the molecule is Clc1cccc(NC2CCOC3(CCSC3)C2)c1. The molecule has 1 spiro atoms. The number of halogens is 1. The molecule has 2 aliphatic heterocycles. The standard InChI is InChI=1S/C14H18ClNOS/c15-11-2-1-3-12(8-11)16-13-4-6-17-14(9-13)5-7-18-10-14/h1-3,8,13,16H,4-7,9-10H2. The number of thioether (sulfide) groups is 1. The lowest BCUT2D eigenvalue weighted by molar-refractivity contribution is -0.0628. The second-order valence-corrected chi connectivity index (χ2v) is 6.72. The monoisotopic (exact) mass is 283 g/mol. The van der Waals surface area contributed by atoms with Crippen LogP contribution in [0.2, 0.25) is 5.02 Å². The maximum atomic E-state index is 6.03. The summed E-state index contributed by atoms with van der Waals surface area (Å²) in [6.45, 7) is 0.874. The first-order valence-electron chi connectivity index (χ1n) is 6.50. The number of anilines is 1. The van der Waals surface area contributed by atoms with E-state index in [0.717, 1.165) is 35.9 Å². The molecule has 2 fully saturated rings. The molecule has 3 rings (SSSR count). The molecular weight excluding hydrogens is 266 g/mol. The first-order chi connectivity index (χ1) is 8.76. The predicted molar refractivity (Wildman–Crippen MR) is 78.7 cm³/mol. The van der Waals surface area contributed by atoms with Gasteiger partial charge in [-0.1, -0.05) is 17.7 Å². The summed E-state index contributed by atoms with van der Waals surface area (Å²) in [5.74, 6) is 2.39. The quantitative estimate of drug-likeness (QED) is 0.892. The van der Waals surface area contributed by atoms with Crippen LogP contribution < -0.4 is 5.32 Å². The van der Waals surface area contributed by atoms with Crippen molar-refractivity contribution in [1.29, 1.82) is 0 Å². The van der Waals surface area contributed by atoms with Crippen molar-refractivity contribution in [3.05, 3.63) is 29.3 Å². The summed E-state index contributed by atoms with van der Waals surface area (Å²) < 4.78 is 6.03. The molecule has 0 bridgehead atoms. The Bertz CT molecular complexity index is 420. The summed E-state index contributed by atoms with van der Waals surface area (Å²) in [7, 11) is 0. The van der Waals surface area contributed by atoms with Gasteiger partial charge in [-0.2, -0.15) is 11.8 Å². The van der Waals surface area contributed by atoms with E-state index in [-0.39, 0.29) is 5.60 Å². The molecule has 0 radical (unpaired) electrons. The summed E-state index contributed by atoms with van der Waals surface area (Å²) in [5.41, 5.74) is 1.26. The number of hydrogen-bond donors (Lipinski definition) is 1. The zero-order chi connectivity index (χ0) is 12.4. The minimum Gasteiger partial charge on any atom is -0.382 e. The fourth-order valence-electron chi connectivity index (χ4n) is 2.83. The largest absolute Gasteiger partial charge is 0.382 e. The molecular formula is C14H18ClNOS. The van der Waals surface area contributed by atoms with Crippen molar-refractivity contribution in [3.63, 3.8) is 0 Å². The Morgan fingerprint density at radius 2 is 2.39 bits per heavy atom. The first-order valence-corrected chi connectivity index (χ1v) is 8.03. The molecule has 98 valence electrons. The van der Waals surface area contributed by atoms with Gasteiger partial charge in [-0.25, -0.2) is 0 Å². The van der Waals surface area contributed by atoms with E-state index < -0.39 is 0 Å². The van der Waals surface area contributed by atoms with Crippen LogP contribution in [-0.2, 0) is 4.74 Å². The van der Waals surface area contributed by atoms with Crippen LogP contribution in [0.1, 0.15) is 19.3 Å². The van der Waals surface area contributed by atoms with Crippen LogP contribution in [0.5, 0.6) is 0 Å². The fraction of sp³-hybridized carbons (Fsp3) is 0.571. The molecule has 1 aromatic carbocycles. The molecule has 4 heteroatoms. The molecule has 2 saturated heterocycles. The first kappa shape index (κ1) is 12.6. The second kappa shape index (κ2) is 5.32. The highest BCUT2D eigenvalue weighted by molar-refractivity contribution is 7.99. The summed E-state index contributed by atoms with van der Waals surface area (Å²) in [5, 5.41) is 4.39. The van der Waals surface area contributed by atoms with Crippen molar-refractivity contribution in [2.45, 2.75) is 30.9 Å². The Morgan fingerprint density at radius 1 is 1.44 bits per heavy atom. The van der Waals surface area contributed by atoms with Gasteiger partial charge in [0, 0.05) is 29.1 Å². The van der Waals surface area contributed by atoms with Crippen LogP contribution >= 0.6 is 23.4 Å². The Balaban J connectivity index is 1.66. The van der Waals surface area contributed by atoms with Crippen molar-refractivity contribution in [1.82, 2.24) is 0 Å². The maximum Gasteiger partial charge on any atom is 0.0799 e. The van der Waals surface area contributed by atoms with E-state index in [1.807, 2.05) is 30.0 Å². The van der Waals surface area contributed by atoms with Crippen molar-refractivity contribution in [2.75, 3.05) is 23.4 Å². The summed E-state index contributed by atoms with van der Waals surface area (Å²) in [6, 6.07) is 8.48. The second-order valence-electron chi connectivity index (χ2n) is 5.18. The number of benzene rings is 1. The molecule has 18 heavy (non-hydrogen) atoms. The molecule has 0 saturated carbocycles. The molecule has 2 unspecified atom stereocenters.